The van der Waals surface area contributed by atoms with Gasteiger partial charge in [0.1, 0.15) is 13.2 Å². The first kappa shape index (κ1) is 25.3. The van der Waals surface area contributed by atoms with Crippen LogP contribution in [-0.4, -0.2) is 89.1 Å². The molecule has 2 aliphatic rings. The molecule has 1 aromatic rings. The van der Waals surface area contributed by atoms with E-state index in [2.05, 4.69) is 23.9 Å². The number of fused-ring (bicyclic) bond motifs is 2. The molecule has 0 amide bonds. The van der Waals surface area contributed by atoms with Gasteiger partial charge in [-0.15, -0.1) is 0 Å². The fraction of sp³-hybridized carbons (Fsp3) is 0.727. The van der Waals surface area contributed by atoms with Crippen LogP contribution in [0.15, 0.2) is 12.1 Å². The molecular formula is C22H34O6S3. The molecule has 176 valence electrons. The molecule has 2 aliphatic heterocycles. The van der Waals surface area contributed by atoms with Crippen molar-refractivity contribution in [1.29, 1.82) is 0 Å². The van der Waals surface area contributed by atoms with Crippen molar-refractivity contribution in [2.45, 2.75) is 11.5 Å². The van der Waals surface area contributed by atoms with Gasteiger partial charge in [-0.05, 0) is 23.3 Å². The van der Waals surface area contributed by atoms with Gasteiger partial charge in [-0.2, -0.15) is 35.3 Å². The molecule has 0 fully saturated rings. The van der Waals surface area contributed by atoms with Crippen molar-refractivity contribution >= 4 is 35.3 Å². The molecule has 0 bridgehead atoms. The van der Waals surface area contributed by atoms with Crippen LogP contribution in [0.2, 0.25) is 0 Å². The molecule has 1 aromatic carbocycles. The van der Waals surface area contributed by atoms with Gasteiger partial charge in [-0.3, -0.25) is 0 Å². The third-order valence-electron chi connectivity index (χ3n) is 4.61. The Morgan fingerprint density at radius 3 is 1.23 bits per heavy atom. The summed E-state index contributed by atoms with van der Waals surface area (Å²) in [5, 5.41) is 0. The Morgan fingerprint density at radius 2 is 0.806 bits per heavy atom. The summed E-state index contributed by atoms with van der Waals surface area (Å²) in [6.07, 6.45) is 0. The highest BCUT2D eigenvalue weighted by Gasteiger charge is 2.14. The second kappa shape index (κ2) is 16.3. The Labute approximate surface area is 198 Å². The molecule has 9 heteroatoms. The van der Waals surface area contributed by atoms with E-state index in [0.29, 0.717) is 66.1 Å². The van der Waals surface area contributed by atoms with Gasteiger partial charge >= 0.3 is 0 Å². The minimum absolute atomic E-state index is 0.479. The van der Waals surface area contributed by atoms with Gasteiger partial charge in [-0.25, -0.2) is 0 Å². The maximum atomic E-state index is 6.08. The van der Waals surface area contributed by atoms with E-state index in [1.54, 1.807) is 0 Å². The second-order valence-electron chi connectivity index (χ2n) is 6.93. The van der Waals surface area contributed by atoms with Crippen LogP contribution in [-0.2, 0) is 30.5 Å². The van der Waals surface area contributed by atoms with Crippen LogP contribution in [0.5, 0.6) is 11.5 Å². The van der Waals surface area contributed by atoms with Crippen LogP contribution in [0.4, 0.5) is 0 Å². The molecule has 0 radical (unpaired) electrons. The van der Waals surface area contributed by atoms with Crippen LogP contribution in [0.25, 0.3) is 0 Å². The Balaban J connectivity index is 1.66. The van der Waals surface area contributed by atoms with Gasteiger partial charge in [0, 0.05) is 34.5 Å². The summed E-state index contributed by atoms with van der Waals surface area (Å²) in [4.78, 5) is 0. The van der Waals surface area contributed by atoms with Gasteiger partial charge < -0.3 is 28.4 Å². The lowest BCUT2D eigenvalue weighted by atomic mass is 10.1. The lowest BCUT2D eigenvalue weighted by molar-refractivity contribution is -0.00842. The fourth-order valence-electron chi connectivity index (χ4n) is 3.02. The number of benzene rings is 1. The zero-order valence-electron chi connectivity index (χ0n) is 18.1. The zero-order chi connectivity index (χ0) is 21.4. The minimum Gasteiger partial charge on any atom is -0.487 e. The van der Waals surface area contributed by atoms with E-state index in [4.69, 9.17) is 28.4 Å². The zero-order valence-corrected chi connectivity index (χ0v) is 20.6. The monoisotopic (exact) mass is 490 g/mol. The lowest BCUT2D eigenvalue weighted by Crippen LogP contribution is -2.16. The molecule has 0 unspecified atom stereocenters. The van der Waals surface area contributed by atoms with E-state index in [9.17, 15) is 0 Å². The first-order valence-electron chi connectivity index (χ1n) is 10.9. The van der Waals surface area contributed by atoms with E-state index in [0.717, 1.165) is 23.0 Å². The Kier molecular flexibility index (Phi) is 13.4. The van der Waals surface area contributed by atoms with Crippen LogP contribution < -0.4 is 9.47 Å². The van der Waals surface area contributed by atoms with Gasteiger partial charge in [0.2, 0.25) is 0 Å². The van der Waals surface area contributed by atoms with Crippen molar-refractivity contribution in [3.63, 3.8) is 0 Å². The van der Waals surface area contributed by atoms with Crippen molar-refractivity contribution in [3.05, 3.63) is 23.3 Å². The molecule has 31 heavy (non-hydrogen) atoms. The molecule has 0 N–H and O–H groups in total. The van der Waals surface area contributed by atoms with Crippen molar-refractivity contribution in [3.8, 4) is 11.5 Å². The largest absolute Gasteiger partial charge is 0.487 e. The summed E-state index contributed by atoms with van der Waals surface area (Å²) in [6, 6.07) is 4.33. The summed E-state index contributed by atoms with van der Waals surface area (Å²) < 4.78 is 34.4. The Morgan fingerprint density at radius 1 is 0.452 bits per heavy atom. The van der Waals surface area contributed by atoms with Gasteiger partial charge in [0.05, 0.1) is 52.9 Å². The molecular weight excluding hydrogens is 456 g/mol. The van der Waals surface area contributed by atoms with Crippen LogP contribution in [0.3, 0.4) is 0 Å². The number of ether oxygens (including phenoxy) is 6. The second-order valence-corrected chi connectivity index (χ2v) is 10.4. The average Bonchev–Trinajstić information content (AvgIpc) is 2.83. The fourth-order valence-corrected chi connectivity index (χ4v) is 6.38. The summed E-state index contributed by atoms with van der Waals surface area (Å²) in [5.41, 5.74) is 2.69. The maximum Gasteiger partial charge on any atom is 0.161 e. The van der Waals surface area contributed by atoms with Gasteiger partial charge in [-0.1, -0.05) is 0 Å². The minimum atomic E-state index is 0.479. The van der Waals surface area contributed by atoms with Crippen LogP contribution >= 0.6 is 35.3 Å². The van der Waals surface area contributed by atoms with E-state index >= 15 is 0 Å². The molecule has 0 aliphatic carbocycles. The smallest absolute Gasteiger partial charge is 0.161 e. The van der Waals surface area contributed by atoms with Crippen molar-refractivity contribution < 1.29 is 28.4 Å². The SMILES string of the molecule is c1c2c(cc3c1OCCOCCOCCOCCOCCO3)CSCCSCCSC2. The summed E-state index contributed by atoms with van der Waals surface area (Å²) in [6.45, 7) is 5.33. The third kappa shape index (κ3) is 10.5. The predicted octanol–water partition coefficient (Wildman–Crippen LogP) is 3.74. The standard InChI is InChI=1S/C22H34O6S3/c1-2-24-4-6-26-8-10-28-22-16-20-18-31-14-12-29-11-13-30-17-19(20)15-21(22)27-9-7-25-5-3-23-1/h15-16H,1-14,17-18H2. The summed E-state index contributed by atoms with van der Waals surface area (Å²) in [5.74, 6) is 8.39. The summed E-state index contributed by atoms with van der Waals surface area (Å²) >= 11 is 6.04. The highest BCUT2D eigenvalue weighted by molar-refractivity contribution is 8.04. The Hall–Kier alpha value is -0.290. The van der Waals surface area contributed by atoms with Crippen molar-refractivity contribution in [1.82, 2.24) is 0 Å². The molecule has 0 spiro atoms. The first-order valence-corrected chi connectivity index (χ1v) is 14.4. The molecule has 3 rings (SSSR count). The molecule has 2 heterocycles. The Bertz CT molecular complexity index is 568. The van der Waals surface area contributed by atoms with Crippen LogP contribution in [0.1, 0.15) is 11.1 Å². The summed E-state index contributed by atoms with van der Waals surface area (Å²) in [7, 11) is 0. The van der Waals surface area contributed by atoms with E-state index in [1.165, 1.54) is 34.1 Å². The maximum absolute atomic E-state index is 6.08. The predicted molar refractivity (Wildman–Crippen MR) is 130 cm³/mol. The molecule has 6 nitrogen and oxygen atoms in total. The highest BCUT2D eigenvalue weighted by atomic mass is 32.2. The lowest BCUT2D eigenvalue weighted by Gasteiger charge is -2.18. The number of hydrogen-bond donors (Lipinski definition) is 0. The number of rotatable bonds is 0. The molecule has 0 saturated carbocycles. The van der Waals surface area contributed by atoms with Crippen molar-refractivity contribution in [2.75, 3.05) is 89.1 Å². The molecule has 0 aromatic heterocycles. The van der Waals surface area contributed by atoms with Crippen molar-refractivity contribution in [2.24, 2.45) is 0 Å². The normalized spacial score (nSPS) is 21.7. The van der Waals surface area contributed by atoms with E-state index < -0.39 is 0 Å². The first-order chi connectivity index (χ1) is 15.4. The third-order valence-corrected chi connectivity index (χ3v) is 8.13. The van der Waals surface area contributed by atoms with E-state index in [-0.39, 0.29) is 0 Å². The number of thioether (sulfide) groups is 3. The topological polar surface area (TPSA) is 55.4 Å². The highest BCUT2D eigenvalue weighted by Crippen LogP contribution is 2.35. The molecule has 0 saturated heterocycles. The van der Waals surface area contributed by atoms with Crippen LogP contribution in [0, 0.1) is 0 Å². The van der Waals surface area contributed by atoms with Gasteiger partial charge in [0.15, 0.2) is 11.5 Å². The molecule has 0 atom stereocenters. The average molecular weight is 491 g/mol. The van der Waals surface area contributed by atoms with E-state index in [1.807, 2.05) is 23.5 Å². The van der Waals surface area contributed by atoms with Gasteiger partial charge in [0.25, 0.3) is 0 Å². The quantitative estimate of drug-likeness (QED) is 0.541. The number of hydrogen-bond acceptors (Lipinski definition) is 9.